The number of carbonyl (C=O) groups excluding carboxylic acids is 1. The molecule has 3 rings (SSSR count). The first-order chi connectivity index (χ1) is 13.7. The molecular formula is C19H15F2N5O3. The maximum Gasteiger partial charge on any atom is 0.329 e. The molecule has 1 amide bonds. The number of amides is 1. The van der Waals surface area contributed by atoms with Gasteiger partial charge in [-0.3, -0.25) is 19.1 Å². The fourth-order valence-corrected chi connectivity index (χ4v) is 2.95. The number of aryl methyl sites for hydroxylation is 1. The number of rotatable bonds is 4. The number of H-pyrrole nitrogens is 1. The molecule has 0 radical (unpaired) electrons. The van der Waals surface area contributed by atoms with Crippen molar-refractivity contribution >= 4 is 16.8 Å². The number of nitrogens with one attached hydrogen (secondary N) is 2. The van der Waals surface area contributed by atoms with Gasteiger partial charge in [0.2, 0.25) is 5.91 Å². The highest BCUT2D eigenvalue weighted by atomic mass is 19.1. The molecule has 29 heavy (non-hydrogen) atoms. The fourth-order valence-electron chi connectivity index (χ4n) is 2.95. The third-order valence-electron chi connectivity index (χ3n) is 4.43. The first-order valence-electron chi connectivity index (χ1n) is 8.49. The van der Waals surface area contributed by atoms with Crippen LogP contribution in [0.25, 0.3) is 10.9 Å². The topological polar surface area (TPSA) is 121 Å². The first kappa shape index (κ1) is 19.9. The van der Waals surface area contributed by atoms with Gasteiger partial charge in [-0.1, -0.05) is 0 Å². The van der Waals surface area contributed by atoms with E-state index in [1.54, 1.807) is 6.07 Å². The minimum Gasteiger partial charge on any atom is -0.346 e. The molecule has 0 aliphatic carbocycles. The van der Waals surface area contributed by atoms with Crippen LogP contribution < -0.4 is 16.6 Å². The molecule has 0 unspecified atom stereocenters. The SMILES string of the molecule is Cc1c(F)ccc2[nH]c(=O)n(CC(=O)N[C@@H](C)c3ncc(C#N)cc3F)c(=O)c12. The highest BCUT2D eigenvalue weighted by Crippen LogP contribution is 2.16. The largest absolute Gasteiger partial charge is 0.346 e. The van der Waals surface area contributed by atoms with E-state index in [1.165, 1.54) is 19.9 Å². The summed E-state index contributed by atoms with van der Waals surface area (Å²) in [5.74, 6) is -2.14. The Morgan fingerprint density at radius 3 is 2.72 bits per heavy atom. The molecule has 0 aliphatic rings. The van der Waals surface area contributed by atoms with E-state index < -0.39 is 41.4 Å². The zero-order valence-corrected chi connectivity index (χ0v) is 15.4. The van der Waals surface area contributed by atoms with Gasteiger partial charge in [0.15, 0.2) is 0 Å². The molecule has 0 fully saturated rings. The van der Waals surface area contributed by atoms with Crippen molar-refractivity contribution in [3.63, 3.8) is 0 Å². The summed E-state index contributed by atoms with van der Waals surface area (Å²) in [5, 5.41) is 11.2. The van der Waals surface area contributed by atoms with Crippen LogP contribution in [0.5, 0.6) is 0 Å². The summed E-state index contributed by atoms with van der Waals surface area (Å²) in [7, 11) is 0. The zero-order chi connectivity index (χ0) is 21.3. The minimum atomic E-state index is -0.885. The molecule has 148 valence electrons. The van der Waals surface area contributed by atoms with Crippen LogP contribution in [0.3, 0.4) is 0 Å². The van der Waals surface area contributed by atoms with E-state index in [2.05, 4.69) is 15.3 Å². The molecule has 0 aliphatic heterocycles. The van der Waals surface area contributed by atoms with Gasteiger partial charge >= 0.3 is 5.69 Å². The third-order valence-corrected chi connectivity index (χ3v) is 4.43. The van der Waals surface area contributed by atoms with Crippen molar-refractivity contribution in [2.45, 2.75) is 26.4 Å². The lowest BCUT2D eigenvalue weighted by molar-refractivity contribution is -0.122. The summed E-state index contributed by atoms with van der Waals surface area (Å²) in [6.07, 6.45) is 1.16. The van der Waals surface area contributed by atoms with Gasteiger partial charge in [-0.05, 0) is 37.6 Å². The molecule has 2 aromatic heterocycles. The van der Waals surface area contributed by atoms with Crippen molar-refractivity contribution in [2.24, 2.45) is 0 Å². The van der Waals surface area contributed by atoms with Gasteiger partial charge in [0.1, 0.15) is 24.2 Å². The Balaban J connectivity index is 1.89. The number of nitriles is 1. The Kier molecular flexibility index (Phi) is 5.23. The molecule has 8 nitrogen and oxygen atoms in total. The Morgan fingerprint density at radius 2 is 2.07 bits per heavy atom. The van der Waals surface area contributed by atoms with E-state index in [9.17, 15) is 23.2 Å². The van der Waals surface area contributed by atoms with Crippen LogP contribution in [0.2, 0.25) is 0 Å². The van der Waals surface area contributed by atoms with Gasteiger partial charge < -0.3 is 10.3 Å². The van der Waals surface area contributed by atoms with E-state index in [4.69, 9.17) is 5.26 Å². The quantitative estimate of drug-likeness (QED) is 0.687. The summed E-state index contributed by atoms with van der Waals surface area (Å²) >= 11 is 0. The molecule has 1 aromatic carbocycles. The number of hydrogen-bond acceptors (Lipinski definition) is 5. The van der Waals surface area contributed by atoms with E-state index in [1.807, 2.05) is 0 Å². The lowest BCUT2D eigenvalue weighted by Gasteiger charge is -2.15. The van der Waals surface area contributed by atoms with Crippen LogP contribution in [0.15, 0.2) is 34.0 Å². The number of carbonyl (C=O) groups is 1. The summed E-state index contributed by atoms with van der Waals surface area (Å²) in [4.78, 5) is 43.4. The monoisotopic (exact) mass is 399 g/mol. The number of aromatic nitrogens is 3. The maximum absolute atomic E-state index is 14.0. The van der Waals surface area contributed by atoms with Crippen LogP contribution in [0.1, 0.15) is 29.8 Å². The van der Waals surface area contributed by atoms with Crippen molar-refractivity contribution in [1.82, 2.24) is 19.9 Å². The molecule has 2 N–H and O–H groups in total. The average molecular weight is 399 g/mol. The van der Waals surface area contributed by atoms with E-state index in [0.29, 0.717) is 4.57 Å². The normalized spacial score (nSPS) is 11.8. The number of aromatic amines is 1. The number of hydrogen-bond donors (Lipinski definition) is 2. The molecule has 1 atom stereocenters. The van der Waals surface area contributed by atoms with Crippen LogP contribution >= 0.6 is 0 Å². The molecule has 0 saturated heterocycles. The molecule has 0 spiro atoms. The highest BCUT2D eigenvalue weighted by Gasteiger charge is 2.18. The number of fused-ring (bicyclic) bond motifs is 1. The van der Waals surface area contributed by atoms with Gasteiger partial charge in [-0.25, -0.2) is 13.6 Å². The predicted molar refractivity (Wildman–Crippen MR) is 99.0 cm³/mol. The number of halogens is 2. The molecule has 2 heterocycles. The molecule has 3 aromatic rings. The van der Waals surface area contributed by atoms with Crippen molar-refractivity contribution in [3.8, 4) is 6.07 Å². The van der Waals surface area contributed by atoms with Gasteiger partial charge in [-0.15, -0.1) is 0 Å². The second kappa shape index (κ2) is 7.63. The van der Waals surface area contributed by atoms with Gasteiger partial charge in [-0.2, -0.15) is 5.26 Å². The van der Waals surface area contributed by atoms with E-state index >= 15 is 0 Å². The van der Waals surface area contributed by atoms with Crippen LogP contribution in [-0.4, -0.2) is 20.4 Å². The predicted octanol–water partition coefficient (Wildman–Crippen LogP) is 1.42. The van der Waals surface area contributed by atoms with Crippen LogP contribution in [0.4, 0.5) is 8.78 Å². The first-order valence-corrected chi connectivity index (χ1v) is 8.49. The van der Waals surface area contributed by atoms with Crippen molar-refractivity contribution < 1.29 is 13.6 Å². The minimum absolute atomic E-state index is 0.0293. The molecular weight excluding hydrogens is 384 g/mol. The zero-order valence-electron chi connectivity index (χ0n) is 15.4. The van der Waals surface area contributed by atoms with Crippen molar-refractivity contribution in [3.05, 3.63) is 73.7 Å². The van der Waals surface area contributed by atoms with Crippen molar-refractivity contribution in [1.29, 1.82) is 5.26 Å². The lowest BCUT2D eigenvalue weighted by atomic mass is 10.1. The van der Waals surface area contributed by atoms with E-state index in [0.717, 1.165) is 18.3 Å². The smallest absolute Gasteiger partial charge is 0.329 e. The Labute approximate surface area is 162 Å². The summed E-state index contributed by atoms with van der Waals surface area (Å²) in [6.45, 7) is 2.20. The second-order valence-corrected chi connectivity index (χ2v) is 6.41. The average Bonchev–Trinajstić information content (AvgIpc) is 2.67. The van der Waals surface area contributed by atoms with Crippen LogP contribution in [0, 0.1) is 29.9 Å². The summed E-state index contributed by atoms with van der Waals surface area (Å²) in [5.41, 5.74) is -1.51. The maximum atomic E-state index is 14.0. The van der Waals surface area contributed by atoms with Crippen molar-refractivity contribution in [2.75, 3.05) is 0 Å². The second-order valence-electron chi connectivity index (χ2n) is 6.41. The third kappa shape index (κ3) is 3.75. The van der Waals surface area contributed by atoms with Gasteiger partial charge in [0.05, 0.1) is 28.2 Å². The summed E-state index contributed by atoms with van der Waals surface area (Å²) < 4.78 is 28.5. The number of pyridine rings is 1. The number of benzene rings is 1. The molecule has 10 heteroatoms. The van der Waals surface area contributed by atoms with E-state index in [-0.39, 0.29) is 27.7 Å². The lowest BCUT2D eigenvalue weighted by Crippen LogP contribution is -2.41. The Bertz CT molecular complexity index is 1290. The Hall–Kier alpha value is -3.87. The van der Waals surface area contributed by atoms with Crippen LogP contribution in [-0.2, 0) is 11.3 Å². The summed E-state index contributed by atoms with van der Waals surface area (Å²) in [6, 6.07) is 4.25. The van der Waals surface area contributed by atoms with Gasteiger partial charge in [0, 0.05) is 6.20 Å². The van der Waals surface area contributed by atoms with Gasteiger partial charge in [0.25, 0.3) is 5.56 Å². The molecule has 0 bridgehead atoms. The standard InChI is InChI=1S/C19H15F2N5O3/c1-9-12(20)3-4-14-16(9)18(28)26(19(29)25-14)8-15(27)24-10(2)17-13(21)5-11(6-22)7-23-17/h3-5,7,10H,8H2,1-2H3,(H,24,27)(H,25,29)/t10-/m0/s1. The molecule has 0 saturated carbocycles. The highest BCUT2D eigenvalue weighted by molar-refractivity contribution is 5.82. The number of nitrogens with zero attached hydrogens (tertiary/aromatic N) is 3. The Morgan fingerprint density at radius 1 is 1.34 bits per heavy atom. The fraction of sp³-hybridized carbons (Fsp3) is 0.211.